The van der Waals surface area contributed by atoms with Crippen molar-refractivity contribution >= 4 is 16.9 Å². The summed E-state index contributed by atoms with van der Waals surface area (Å²) in [6.45, 7) is 0. The third-order valence-corrected chi connectivity index (χ3v) is 2.73. The Morgan fingerprint density at radius 1 is 1.59 bits per heavy atom. The lowest BCUT2D eigenvalue weighted by molar-refractivity contribution is -0.138. The van der Waals surface area contributed by atoms with Gasteiger partial charge in [0.2, 0.25) is 0 Å². The van der Waals surface area contributed by atoms with Gasteiger partial charge in [0.15, 0.2) is 0 Å². The van der Waals surface area contributed by atoms with Crippen LogP contribution in [0, 0.1) is 0 Å². The molecule has 90 valence electrons. The summed E-state index contributed by atoms with van der Waals surface area (Å²) < 4.78 is 5.26. The van der Waals surface area contributed by atoms with Crippen LogP contribution >= 0.6 is 0 Å². The van der Waals surface area contributed by atoms with E-state index in [4.69, 9.17) is 15.6 Å². The van der Waals surface area contributed by atoms with E-state index in [1.807, 2.05) is 18.2 Å². The molecule has 1 aromatic heterocycles. The van der Waals surface area contributed by atoms with E-state index < -0.39 is 12.0 Å². The minimum Gasteiger partial charge on any atom is -0.496 e. The molecule has 0 aliphatic heterocycles. The number of carbonyl (C=O) groups is 1. The van der Waals surface area contributed by atoms with Crippen LogP contribution in [-0.2, 0) is 11.2 Å². The van der Waals surface area contributed by atoms with Gasteiger partial charge in [0, 0.05) is 23.5 Å². The molecule has 5 heteroatoms. The molecule has 4 N–H and O–H groups in total. The Labute approximate surface area is 98.2 Å². The van der Waals surface area contributed by atoms with Crippen LogP contribution in [0.2, 0.25) is 0 Å². The number of aromatic nitrogens is 1. The molecule has 1 heterocycles. The van der Waals surface area contributed by atoms with Gasteiger partial charge in [-0.05, 0) is 17.7 Å². The van der Waals surface area contributed by atoms with Gasteiger partial charge in [0.05, 0.1) is 7.11 Å². The third-order valence-electron chi connectivity index (χ3n) is 2.73. The number of ether oxygens (including phenoxy) is 1. The van der Waals surface area contributed by atoms with E-state index in [0.29, 0.717) is 0 Å². The number of nitrogens with two attached hydrogens (primary N) is 1. The molecule has 0 fully saturated rings. The lowest BCUT2D eigenvalue weighted by atomic mass is 10.1. The van der Waals surface area contributed by atoms with Gasteiger partial charge in [-0.25, -0.2) is 0 Å². The molecule has 0 saturated heterocycles. The summed E-state index contributed by atoms with van der Waals surface area (Å²) in [4.78, 5) is 13.8. The zero-order valence-electron chi connectivity index (χ0n) is 9.43. The molecule has 2 aromatic rings. The number of hydrogen-bond donors (Lipinski definition) is 3. The number of methoxy groups -OCH3 is 1. The number of hydrogen-bond acceptors (Lipinski definition) is 3. The van der Waals surface area contributed by atoms with Gasteiger partial charge in [-0.2, -0.15) is 0 Å². The number of nitrogens with one attached hydrogen (secondary N) is 1. The number of carboxylic acids is 1. The number of aromatic amines is 1. The Morgan fingerprint density at radius 3 is 3.00 bits per heavy atom. The average Bonchev–Trinajstić information content (AvgIpc) is 2.72. The van der Waals surface area contributed by atoms with Crippen LogP contribution in [0.4, 0.5) is 0 Å². The number of aliphatic carboxylic acids is 1. The fourth-order valence-corrected chi connectivity index (χ4v) is 1.87. The molecule has 0 aliphatic carbocycles. The first-order chi connectivity index (χ1) is 8.13. The lowest BCUT2D eigenvalue weighted by Gasteiger charge is -2.07. The van der Waals surface area contributed by atoms with Crippen molar-refractivity contribution in [2.75, 3.05) is 7.11 Å². The molecule has 0 bridgehead atoms. The van der Waals surface area contributed by atoms with Gasteiger partial charge >= 0.3 is 5.97 Å². The summed E-state index contributed by atoms with van der Waals surface area (Å²) in [5.74, 6) is -0.286. The number of rotatable bonds is 4. The molecule has 0 amide bonds. The van der Waals surface area contributed by atoms with E-state index >= 15 is 0 Å². The first kappa shape index (κ1) is 11.5. The van der Waals surface area contributed by atoms with Crippen LogP contribution in [0.1, 0.15) is 5.56 Å². The largest absolute Gasteiger partial charge is 0.496 e. The summed E-state index contributed by atoms with van der Waals surface area (Å²) >= 11 is 0. The van der Waals surface area contributed by atoms with Gasteiger partial charge in [0.1, 0.15) is 11.8 Å². The van der Waals surface area contributed by atoms with E-state index in [9.17, 15) is 4.79 Å². The van der Waals surface area contributed by atoms with Crippen molar-refractivity contribution in [2.24, 2.45) is 5.73 Å². The Kier molecular flexibility index (Phi) is 3.01. The Balaban J connectivity index is 2.44. The topological polar surface area (TPSA) is 88.3 Å². The highest BCUT2D eigenvalue weighted by Crippen LogP contribution is 2.29. The van der Waals surface area contributed by atoms with Crippen molar-refractivity contribution < 1.29 is 14.6 Å². The van der Waals surface area contributed by atoms with Crippen LogP contribution in [-0.4, -0.2) is 29.2 Å². The number of carboxylic acid groups (broad SMARTS) is 1. The average molecular weight is 234 g/mol. The first-order valence-corrected chi connectivity index (χ1v) is 5.25. The quantitative estimate of drug-likeness (QED) is 0.740. The van der Waals surface area contributed by atoms with Crippen LogP contribution in [0.25, 0.3) is 10.9 Å². The maximum atomic E-state index is 10.7. The summed E-state index contributed by atoms with van der Waals surface area (Å²) in [6.07, 6.45) is 2.05. The lowest BCUT2D eigenvalue weighted by Crippen LogP contribution is -2.32. The molecule has 0 aliphatic rings. The van der Waals surface area contributed by atoms with Crippen LogP contribution in [0.3, 0.4) is 0 Å². The summed E-state index contributed by atoms with van der Waals surface area (Å²) in [6, 6.07) is 4.72. The van der Waals surface area contributed by atoms with Gasteiger partial charge in [-0.15, -0.1) is 0 Å². The maximum absolute atomic E-state index is 10.7. The molecule has 17 heavy (non-hydrogen) atoms. The van der Waals surface area contributed by atoms with Crippen molar-refractivity contribution in [3.8, 4) is 5.75 Å². The molecular weight excluding hydrogens is 220 g/mol. The van der Waals surface area contributed by atoms with E-state index in [1.165, 1.54) is 0 Å². The monoisotopic (exact) mass is 234 g/mol. The van der Waals surface area contributed by atoms with E-state index in [0.717, 1.165) is 22.2 Å². The van der Waals surface area contributed by atoms with Gasteiger partial charge in [-0.3, -0.25) is 4.79 Å². The third kappa shape index (κ3) is 2.09. The van der Waals surface area contributed by atoms with Crippen LogP contribution in [0.15, 0.2) is 24.4 Å². The standard InChI is InChI=1S/C12H14N2O3/c1-17-10-4-2-3-9-11(10)7(6-14-9)5-8(13)12(15)16/h2-4,6,8,14H,5,13H2,1H3,(H,15,16)/t8-/m0/s1. The summed E-state index contributed by atoms with van der Waals surface area (Å²) in [5.41, 5.74) is 7.30. The number of benzene rings is 1. The molecule has 1 aromatic carbocycles. The molecule has 0 spiro atoms. The molecular formula is C12H14N2O3. The fourth-order valence-electron chi connectivity index (χ4n) is 1.87. The summed E-state index contributed by atoms with van der Waals surface area (Å²) in [7, 11) is 1.59. The minimum atomic E-state index is -1.01. The maximum Gasteiger partial charge on any atom is 0.320 e. The molecule has 0 saturated carbocycles. The SMILES string of the molecule is COc1cccc2[nH]cc(C[C@H](N)C(=O)O)c12. The molecule has 1 atom stereocenters. The van der Waals surface area contributed by atoms with Gasteiger partial charge in [0.25, 0.3) is 0 Å². The van der Waals surface area contributed by atoms with Gasteiger partial charge in [-0.1, -0.05) is 6.07 Å². The Hall–Kier alpha value is -2.01. The highest BCUT2D eigenvalue weighted by molar-refractivity contribution is 5.90. The molecule has 5 nitrogen and oxygen atoms in total. The molecule has 2 rings (SSSR count). The van der Waals surface area contributed by atoms with Crippen molar-refractivity contribution in [3.63, 3.8) is 0 Å². The smallest absolute Gasteiger partial charge is 0.320 e. The fraction of sp³-hybridized carbons (Fsp3) is 0.250. The second kappa shape index (κ2) is 4.47. The first-order valence-electron chi connectivity index (χ1n) is 5.25. The highest BCUT2D eigenvalue weighted by atomic mass is 16.5. The molecule has 0 radical (unpaired) electrons. The minimum absolute atomic E-state index is 0.274. The number of fused-ring (bicyclic) bond motifs is 1. The van der Waals surface area contributed by atoms with Crippen molar-refractivity contribution in [2.45, 2.75) is 12.5 Å². The highest BCUT2D eigenvalue weighted by Gasteiger charge is 2.16. The van der Waals surface area contributed by atoms with Crippen molar-refractivity contribution in [3.05, 3.63) is 30.0 Å². The van der Waals surface area contributed by atoms with Crippen LogP contribution in [0.5, 0.6) is 5.75 Å². The van der Waals surface area contributed by atoms with E-state index in [2.05, 4.69) is 4.98 Å². The second-order valence-corrected chi connectivity index (χ2v) is 3.85. The van der Waals surface area contributed by atoms with E-state index in [-0.39, 0.29) is 6.42 Å². The van der Waals surface area contributed by atoms with E-state index in [1.54, 1.807) is 13.3 Å². The Morgan fingerprint density at radius 2 is 2.35 bits per heavy atom. The zero-order valence-corrected chi connectivity index (χ0v) is 9.43. The van der Waals surface area contributed by atoms with Crippen LogP contribution < -0.4 is 10.5 Å². The van der Waals surface area contributed by atoms with Crippen molar-refractivity contribution in [1.82, 2.24) is 4.98 Å². The van der Waals surface area contributed by atoms with Crippen molar-refractivity contribution in [1.29, 1.82) is 0 Å². The Bertz CT molecular complexity index is 548. The number of H-pyrrole nitrogens is 1. The zero-order chi connectivity index (χ0) is 12.4. The predicted octanol–water partition coefficient (Wildman–Crippen LogP) is 1.13. The summed E-state index contributed by atoms with van der Waals surface area (Å²) in [5, 5.41) is 9.71. The normalized spacial score (nSPS) is 12.6. The predicted molar refractivity (Wildman–Crippen MR) is 64.2 cm³/mol. The second-order valence-electron chi connectivity index (χ2n) is 3.85. The molecule has 0 unspecified atom stereocenters. The van der Waals surface area contributed by atoms with Gasteiger partial charge < -0.3 is 20.6 Å².